The molecule has 0 amide bonds. The van der Waals surface area contributed by atoms with Crippen molar-refractivity contribution < 1.29 is 0 Å². The summed E-state index contributed by atoms with van der Waals surface area (Å²) in [5, 5.41) is 0. The Morgan fingerprint density at radius 1 is 1.15 bits per heavy atom. The average molecular weight is 182 g/mol. The first-order valence-electron chi connectivity index (χ1n) is 5.10. The molecule has 0 aliphatic heterocycles. The molecule has 0 heterocycles. The minimum Gasteiger partial charge on any atom is -0.0917 e. The van der Waals surface area contributed by atoms with Crippen LogP contribution in [0.25, 0.3) is 0 Å². The molecular formula is C13H26. The minimum atomic E-state index is 0.360. The van der Waals surface area contributed by atoms with E-state index in [0.717, 1.165) is 6.42 Å². The molecule has 13 heavy (non-hydrogen) atoms. The SMILES string of the molecule is C/C=C\CC.CC(C)=CC(C)(C)C. The topological polar surface area (TPSA) is 0 Å². The summed E-state index contributed by atoms with van der Waals surface area (Å²) < 4.78 is 0. The van der Waals surface area contributed by atoms with Crippen LogP contribution in [0.4, 0.5) is 0 Å². The van der Waals surface area contributed by atoms with Gasteiger partial charge in [0.1, 0.15) is 0 Å². The maximum Gasteiger partial charge on any atom is -0.0201 e. The van der Waals surface area contributed by atoms with Gasteiger partial charge in [-0.15, -0.1) is 0 Å². The van der Waals surface area contributed by atoms with Crippen LogP contribution in [-0.2, 0) is 0 Å². The second-order valence-corrected chi connectivity index (χ2v) is 4.56. The predicted molar refractivity (Wildman–Crippen MR) is 64.0 cm³/mol. The molecule has 0 fully saturated rings. The zero-order valence-corrected chi connectivity index (χ0v) is 10.4. The van der Waals surface area contributed by atoms with Crippen molar-refractivity contribution in [2.45, 2.75) is 54.9 Å². The largest absolute Gasteiger partial charge is 0.0917 e. The average Bonchev–Trinajstić information content (AvgIpc) is 1.84. The van der Waals surface area contributed by atoms with Gasteiger partial charge >= 0.3 is 0 Å². The van der Waals surface area contributed by atoms with Crippen LogP contribution < -0.4 is 0 Å². The van der Waals surface area contributed by atoms with Gasteiger partial charge in [-0.3, -0.25) is 0 Å². The zero-order valence-electron chi connectivity index (χ0n) is 10.4. The van der Waals surface area contributed by atoms with Gasteiger partial charge in [0.05, 0.1) is 0 Å². The Kier molecular flexibility index (Phi) is 9.33. The van der Waals surface area contributed by atoms with Crippen molar-refractivity contribution in [1.29, 1.82) is 0 Å². The van der Waals surface area contributed by atoms with Crippen LogP contribution in [0.1, 0.15) is 54.9 Å². The summed E-state index contributed by atoms with van der Waals surface area (Å²) in [6, 6.07) is 0. The lowest BCUT2D eigenvalue weighted by Crippen LogP contribution is -1.99. The lowest BCUT2D eigenvalue weighted by Gasteiger charge is -2.11. The molecule has 0 unspecified atom stereocenters. The Morgan fingerprint density at radius 3 is 1.62 bits per heavy atom. The smallest absolute Gasteiger partial charge is 0.0201 e. The molecule has 0 aliphatic carbocycles. The normalized spacial score (nSPS) is 10.7. The van der Waals surface area contributed by atoms with Gasteiger partial charge in [-0.05, 0) is 32.6 Å². The van der Waals surface area contributed by atoms with Crippen molar-refractivity contribution in [3.63, 3.8) is 0 Å². The van der Waals surface area contributed by atoms with Gasteiger partial charge in [-0.1, -0.05) is 51.5 Å². The third kappa shape index (κ3) is 24.6. The van der Waals surface area contributed by atoms with Gasteiger partial charge in [-0.25, -0.2) is 0 Å². The molecule has 0 bridgehead atoms. The molecule has 0 radical (unpaired) electrons. The fourth-order valence-corrected chi connectivity index (χ4v) is 1.10. The van der Waals surface area contributed by atoms with E-state index in [0.29, 0.717) is 5.41 Å². The highest BCUT2D eigenvalue weighted by Gasteiger charge is 2.03. The molecule has 0 N–H and O–H groups in total. The highest BCUT2D eigenvalue weighted by Crippen LogP contribution is 2.16. The van der Waals surface area contributed by atoms with Crippen molar-refractivity contribution in [3.05, 3.63) is 23.8 Å². The fraction of sp³-hybridized carbons (Fsp3) is 0.692. The van der Waals surface area contributed by atoms with Crippen LogP contribution in [0.2, 0.25) is 0 Å². The minimum absolute atomic E-state index is 0.360. The number of hydrogen-bond donors (Lipinski definition) is 0. The number of hydrogen-bond acceptors (Lipinski definition) is 0. The maximum absolute atomic E-state index is 2.27. The second-order valence-electron chi connectivity index (χ2n) is 4.56. The van der Waals surface area contributed by atoms with Crippen molar-refractivity contribution in [2.24, 2.45) is 5.41 Å². The lowest BCUT2D eigenvalue weighted by molar-refractivity contribution is 0.540. The maximum atomic E-state index is 2.27. The van der Waals surface area contributed by atoms with Crippen LogP contribution in [0.15, 0.2) is 23.8 Å². The first-order chi connectivity index (χ1) is 5.83. The molecule has 0 aromatic carbocycles. The number of rotatable bonds is 1. The molecule has 0 aliphatic rings. The summed E-state index contributed by atoms with van der Waals surface area (Å²) in [5.74, 6) is 0. The van der Waals surface area contributed by atoms with E-state index in [2.05, 4.69) is 59.8 Å². The summed E-state index contributed by atoms with van der Waals surface area (Å²) in [6.45, 7) is 15.0. The first-order valence-corrected chi connectivity index (χ1v) is 5.10. The van der Waals surface area contributed by atoms with Gasteiger partial charge in [0.2, 0.25) is 0 Å². The Morgan fingerprint density at radius 2 is 1.62 bits per heavy atom. The van der Waals surface area contributed by atoms with E-state index in [9.17, 15) is 0 Å². The van der Waals surface area contributed by atoms with E-state index >= 15 is 0 Å². The third-order valence-corrected chi connectivity index (χ3v) is 1.19. The van der Waals surface area contributed by atoms with E-state index in [1.54, 1.807) is 0 Å². The fourth-order valence-electron chi connectivity index (χ4n) is 1.10. The van der Waals surface area contributed by atoms with Crippen molar-refractivity contribution >= 4 is 0 Å². The Hall–Kier alpha value is -0.520. The second kappa shape index (κ2) is 8.10. The molecule has 0 nitrogen and oxygen atoms in total. The summed E-state index contributed by atoms with van der Waals surface area (Å²) in [6.07, 6.45) is 7.61. The van der Waals surface area contributed by atoms with Crippen molar-refractivity contribution in [3.8, 4) is 0 Å². The Balaban J connectivity index is 0. The molecule has 0 aromatic rings. The van der Waals surface area contributed by atoms with Crippen LogP contribution in [0.5, 0.6) is 0 Å². The Labute approximate surface area is 84.7 Å². The molecule has 78 valence electrons. The molecule has 0 spiro atoms. The van der Waals surface area contributed by atoms with Gasteiger partial charge < -0.3 is 0 Å². The van der Waals surface area contributed by atoms with Gasteiger partial charge in [0.25, 0.3) is 0 Å². The Bertz CT molecular complexity index is 149. The van der Waals surface area contributed by atoms with Crippen LogP contribution in [0, 0.1) is 5.41 Å². The van der Waals surface area contributed by atoms with E-state index in [1.165, 1.54) is 5.57 Å². The molecule has 0 saturated carbocycles. The molecule has 0 heteroatoms. The monoisotopic (exact) mass is 182 g/mol. The highest BCUT2D eigenvalue weighted by atomic mass is 14.1. The standard InChI is InChI=1S/C8H16.C5H10/c1-7(2)6-8(3,4)5;1-3-5-4-2/h6H,1-5H3;3,5H,4H2,1-2H3/b;5-3-. The van der Waals surface area contributed by atoms with Crippen LogP contribution in [-0.4, -0.2) is 0 Å². The molecular weight excluding hydrogens is 156 g/mol. The molecule has 0 atom stereocenters. The summed E-state index contributed by atoms with van der Waals surface area (Å²) in [5.41, 5.74) is 1.76. The van der Waals surface area contributed by atoms with Crippen LogP contribution >= 0.6 is 0 Å². The lowest BCUT2D eigenvalue weighted by atomic mass is 9.94. The predicted octanol–water partition coefficient (Wildman–Crippen LogP) is 4.97. The summed E-state index contributed by atoms with van der Waals surface area (Å²) in [7, 11) is 0. The first kappa shape index (κ1) is 15.0. The quantitative estimate of drug-likeness (QED) is 0.502. The molecule has 0 aromatic heterocycles. The van der Waals surface area contributed by atoms with E-state index in [4.69, 9.17) is 0 Å². The molecule has 0 rings (SSSR count). The van der Waals surface area contributed by atoms with Gasteiger partial charge in [0.15, 0.2) is 0 Å². The zero-order chi connectivity index (χ0) is 10.9. The number of allylic oxidation sites excluding steroid dienone is 4. The summed E-state index contributed by atoms with van der Waals surface area (Å²) >= 11 is 0. The van der Waals surface area contributed by atoms with E-state index in [1.807, 2.05) is 6.92 Å². The van der Waals surface area contributed by atoms with Gasteiger partial charge in [0, 0.05) is 0 Å². The molecule has 0 saturated heterocycles. The third-order valence-electron chi connectivity index (χ3n) is 1.19. The van der Waals surface area contributed by atoms with Crippen molar-refractivity contribution in [2.75, 3.05) is 0 Å². The highest BCUT2D eigenvalue weighted by molar-refractivity contribution is 5.00. The van der Waals surface area contributed by atoms with Gasteiger partial charge in [-0.2, -0.15) is 0 Å². The van der Waals surface area contributed by atoms with Crippen LogP contribution in [0.3, 0.4) is 0 Å². The van der Waals surface area contributed by atoms with Crippen molar-refractivity contribution in [1.82, 2.24) is 0 Å². The van der Waals surface area contributed by atoms with E-state index in [-0.39, 0.29) is 0 Å². The summed E-state index contributed by atoms with van der Waals surface area (Å²) in [4.78, 5) is 0. The van der Waals surface area contributed by atoms with E-state index < -0.39 is 0 Å².